The highest BCUT2D eigenvalue weighted by molar-refractivity contribution is 5.81. The lowest BCUT2D eigenvalue weighted by molar-refractivity contribution is 0.148. The van der Waals surface area contributed by atoms with Crippen LogP contribution in [0.4, 0.5) is 0 Å². The highest BCUT2D eigenvalue weighted by Gasteiger charge is 2.24. The number of fused-ring (bicyclic) bond motifs is 1. The largest absolute Gasteiger partial charge is 0.396 e. The van der Waals surface area contributed by atoms with Crippen molar-refractivity contribution in [3.8, 4) is 0 Å². The van der Waals surface area contributed by atoms with Crippen molar-refractivity contribution < 1.29 is 5.11 Å². The molecule has 0 spiro atoms. The Morgan fingerprint density at radius 2 is 2.12 bits per heavy atom. The van der Waals surface area contributed by atoms with E-state index in [4.69, 9.17) is 5.73 Å². The van der Waals surface area contributed by atoms with Gasteiger partial charge in [-0.1, -0.05) is 25.1 Å². The van der Waals surface area contributed by atoms with Crippen molar-refractivity contribution in [1.29, 1.82) is 0 Å². The van der Waals surface area contributed by atoms with E-state index in [1.807, 2.05) is 36.9 Å². The van der Waals surface area contributed by atoms with Gasteiger partial charge in [-0.3, -0.25) is 4.68 Å². The molecule has 4 heteroatoms. The van der Waals surface area contributed by atoms with Gasteiger partial charge in [-0.15, -0.1) is 0 Å². The van der Waals surface area contributed by atoms with Crippen LogP contribution in [-0.4, -0.2) is 28.0 Å². The Labute approximate surface area is 101 Å². The summed E-state index contributed by atoms with van der Waals surface area (Å²) in [5.74, 6) is 0. The fourth-order valence-electron chi connectivity index (χ4n) is 2.02. The third-order valence-electron chi connectivity index (χ3n) is 3.30. The van der Waals surface area contributed by atoms with Crippen molar-refractivity contribution in [1.82, 2.24) is 9.78 Å². The third-order valence-corrected chi connectivity index (χ3v) is 3.30. The maximum Gasteiger partial charge on any atom is 0.0710 e. The Hall–Kier alpha value is -1.39. The van der Waals surface area contributed by atoms with Crippen LogP contribution in [0.5, 0.6) is 0 Å². The molecule has 0 saturated carbocycles. The summed E-state index contributed by atoms with van der Waals surface area (Å²) in [5.41, 5.74) is 7.54. The van der Waals surface area contributed by atoms with Gasteiger partial charge in [-0.2, -0.15) is 5.10 Å². The summed E-state index contributed by atoms with van der Waals surface area (Å²) < 4.78 is 1.87. The lowest BCUT2D eigenvalue weighted by Gasteiger charge is -2.24. The normalized spacial score (nSPS) is 15.1. The van der Waals surface area contributed by atoms with Crippen LogP contribution in [-0.2, 0) is 13.5 Å². The smallest absolute Gasteiger partial charge is 0.0710 e. The number of nitrogens with two attached hydrogens (primary N) is 1. The predicted molar refractivity (Wildman–Crippen MR) is 68.7 cm³/mol. The molecule has 92 valence electrons. The Balaban J connectivity index is 2.43. The molecule has 0 aliphatic carbocycles. The predicted octanol–water partition coefficient (Wildman–Crippen LogP) is 1.07. The molecule has 3 N–H and O–H groups in total. The van der Waals surface area contributed by atoms with Crippen LogP contribution >= 0.6 is 0 Å². The van der Waals surface area contributed by atoms with Gasteiger partial charge in [0.1, 0.15) is 0 Å². The number of hydrogen-bond acceptors (Lipinski definition) is 3. The van der Waals surface area contributed by atoms with E-state index < -0.39 is 0 Å². The topological polar surface area (TPSA) is 64.1 Å². The summed E-state index contributed by atoms with van der Waals surface area (Å²) in [6, 6.07) is 8.12. The second-order valence-corrected chi connectivity index (χ2v) is 4.94. The molecule has 1 aromatic heterocycles. The molecule has 0 radical (unpaired) electrons. The summed E-state index contributed by atoms with van der Waals surface area (Å²) in [5, 5.41) is 15.1. The molecule has 4 nitrogen and oxygen atoms in total. The van der Waals surface area contributed by atoms with Crippen LogP contribution < -0.4 is 5.73 Å². The van der Waals surface area contributed by atoms with E-state index in [1.165, 1.54) is 0 Å². The first-order chi connectivity index (χ1) is 8.09. The van der Waals surface area contributed by atoms with Crippen molar-refractivity contribution in [3.05, 3.63) is 30.0 Å². The van der Waals surface area contributed by atoms with Gasteiger partial charge in [-0.25, -0.2) is 0 Å². The van der Waals surface area contributed by atoms with Crippen LogP contribution in [0, 0.1) is 5.41 Å². The Morgan fingerprint density at radius 1 is 1.41 bits per heavy atom. The summed E-state index contributed by atoms with van der Waals surface area (Å²) >= 11 is 0. The van der Waals surface area contributed by atoms with E-state index in [9.17, 15) is 5.11 Å². The highest BCUT2D eigenvalue weighted by atomic mass is 16.3. The van der Waals surface area contributed by atoms with E-state index in [2.05, 4.69) is 11.2 Å². The van der Waals surface area contributed by atoms with Gasteiger partial charge < -0.3 is 10.8 Å². The summed E-state index contributed by atoms with van der Waals surface area (Å²) in [7, 11) is 1.94. The molecule has 2 aromatic rings. The number of aryl methyl sites for hydroxylation is 1. The molecular weight excluding hydrogens is 214 g/mol. The molecular formula is C13H19N3O. The molecule has 1 atom stereocenters. The Morgan fingerprint density at radius 3 is 2.76 bits per heavy atom. The van der Waals surface area contributed by atoms with Crippen molar-refractivity contribution in [3.63, 3.8) is 0 Å². The first-order valence-electron chi connectivity index (χ1n) is 5.81. The Bertz CT molecular complexity index is 514. The summed E-state index contributed by atoms with van der Waals surface area (Å²) in [6.45, 7) is 2.51. The molecule has 0 saturated heterocycles. The molecule has 0 fully saturated rings. The summed E-state index contributed by atoms with van der Waals surface area (Å²) in [4.78, 5) is 0. The monoisotopic (exact) mass is 233 g/mol. The lowest BCUT2D eigenvalue weighted by atomic mass is 9.86. The zero-order chi connectivity index (χ0) is 12.5. The fraction of sp³-hybridized carbons (Fsp3) is 0.462. The number of aliphatic hydroxyl groups is 1. The average Bonchev–Trinajstić information content (AvgIpc) is 2.67. The number of hydrogen-bond donors (Lipinski definition) is 2. The third kappa shape index (κ3) is 2.18. The van der Waals surface area contributed by atoms with Crippen LogP contribution in [0.2, 0.25) is 0 Å². The van der Waals surface area contributed by atoms with Crippen molar-refractivity contribution >= 4 is 10.9 Å². The number of aromatic nitrogens is 2. The molecule has 17 heavy (non-hydrogen) atoms. The SMILES string of the molecule is Cn1nc(CC(C)(CN)CO)c2ccccc21. The van der Waals surface area contributed by atoms with Gasteiger partial charge >= 0.3 is 0 Å². The second kappa shape index (κ2) is 4.47. The zero-order valence-electron chi connectivity index (χ0n) is 10.3. The van der Waals surface area contributed by atoms with E-state index in [-0.39, 0.29) is 12.0 Å². The standard InChI is InChI=1S/C13H19N3O/c1-13(8-14,9-17)7-11-10-5-3-4-6-12(10)16(2)15-11/h3-6,17H,7-9,14H2,1-2H3. The fourth-order valence-corrected chi connectivity index (χ4v) is 2.02. The van der Waals surface area contributed by atoms with E-state index in [1.54, 1.807) is 0 Å². The van der Waals surface area contributed by atoms with Crippen LogP contribution in [0.15, 0.2) is 24.3 Å². The van der Waals surface area contributed by atoms with Gasteiger partial charge in [-0.05, 0) is 6.07 Å². The Kier molecular flexibility index (Phi) is 3.17. The maximum absolute atomic E-state index is 9.41. The number of nitrogens with zero attached hydrogens (tertiary/aromatic N) is 2. The molecule has 0 amide bonds. The van der Waals surface area contributed by atoms with Crippen molar-refractivity contribution in [2.45, 2.75) is 13.3 Å². The first-order valence-corrected chi connectivity index (χ1v) is 5.81. The van der Waals surface area contributed by atoms with E-state index in [0.717, 1.165) is 16.6 Å². The molecule has 1 heterocycles. The lowest BCUT2D eigenvalue weighted by Crippen LogP contribution is -2.33. The highest BCUT2D eigenvalue weighted by Crippen LogP contribution is 2.25. The molecule has 1 unspecified atom stereocenters. The van der Waals surface area contributed by atoms with E-state index >= 15 is 0 Å². The molecule has 0 aliphatic heterocycles. The first kappa shape index (κ1) is 12.1. The van der Waals surface area contributed by atoms with Crippen molar-refractivity contribution in [2.75, 3.05) is 13.2 Å². The second-order valence-electron chi connectivity index (χ2n) is 4.94. The minimum atomic E-state index is -0.295. The van der Waals surface area contributed by atoms with Gasteiger partial charge in [0.15, 0.2) is 0 Å². The zero-order valence-corrected chi connectivity index (χ0v) is 10.3. The van der Waals surface area contributed by atoms with Crippen LogP contribution in [0.1, 0.15) is 12.6 Å². The van der Waals surface area contributed by atoms with Crippen molar-refractivity contribution in [2.24, 2.45) is 18.2 Å². The maximum atomic E-state index is 9.41. The molecule has 0 aliphatic rings. The van der Waals surface area contributed by atoms with Crippen LogP contribution in [0.25, 0.3) is 10.9 Å². The molecule has 0 bridgehead atoms. The number of aliphatic hydroxyl groups excluding tert-OH is 1. The minimum absolute atomic E-state index is 0.0778. The number of benzene rings is 1. The van der Waals surface area contributed by atoms with Gasteiger partial charge in [0, 0.05) is 30.8 Å². The van der Waals surface area contributed by atoms with Crippen LogP contribution in [0.3, 0.4) is 0 Å². The van der Waals surface area contributed by atoms with E-state index in [0.29, 0.717) is 13.0 Å². The van der Waals surface area contributed by atoms with Gasteiger partial charge in [0.25, 0.3) is 0 Å². The average molecular weight is 233 g/mol. The number of rotatable bonds is 4. The number of para-hydroxylation sites is 1. The van der Waals surface area contributed by atoms with Gasteiger partial charge in [0.05, 0.1) is 17.8 Å². The molecule has 1 aromatic carbocycles. The van der Waals surface area contributed by atoms with Gasteiger partial charge in [0.2, 0.25) is 0 Å². The summed E-state index contributed by atoms with van der Waals surface area (Å²) in [6.07, 6.45) is 0.696. The minimum Gasteiger partial charge on any atom is -0.396 e. The quantitative estimate of drug-likeness (QED) is 0.830. The molecule has 2 rings (SSSR count).